The molecule has 0 atom stereocenters. The van der Waals surface area contributed by atoms with Gasteiger partial charge < -0.3 is 10.1 Å². The molecule has 0 aromatic carbocycles. The van der Waals surface area contributed by atoms with Crippen LogP contribution in [0.1, 0.15) is 10.5 Å². The fourth-order valence-corrected chi connectivity index (χ4v) is 3.04. The molecule has 106 valence electrons. The molecule has 0 aliphatic rings. The SMILES string of the molecule is COC(=O)c1ccc(Nc2nnc(-c3cccs3)s2)nn1. The van der Waals surface area contributed by atoms with Crippen molar-refractivity contribution in [2.45, 2.75) is 0 Å². The molecule has 0 saturated heterocycles. The van der Waals surface area contributed by atoms with Crippen molar-refractivity contribution in [1.82, 2.24) is 20.4 Å². The second-order valence-corrected chi connectivity index (χ2v) is 5.74. The number of carbonyl (C=O) groups is 1. The molecule has 3 heterocycles. The zero-order chi connectivity index (χ0) is 14.7. The van der Waals surface area contributed by atoms with Crippen LogP contribution in [0.5, 0.6) is 0 Å². The van der Waals surface area contributed by atoms with Gasteiger partial charge in [0, 0.05) is 0 Å². The highest BCUT2D eigenvalue weighted by atomic mass is 32.1. The molecule has 1 N–H and O–H groups in total. The number of nitrogens with zero attached hydrogens (tertiary/aromatic N) is 4. The molecular weight excluding hydrogens is 310 g/mol. The van der Waals surface area contributed by atoms with Crippen LogP contribution in [0.25, 0.3) is 9.88 Å². The summed E-state index contributed by atoms with van der Waals surface area (Å²) in [7, 11) is 1.30. The van der Waals surface area contributed by atoms with Crippen LogP contribution < -0.4 is 5.32 Å². The van der Waals surface area contributed by atoms with E-state index in [-0.39, 0.29) is 5.69 Å². The molecule has 21 heavy (non-hydrogen) atoms. The first-order valence-electron chi connectivity index (χ1n) is 5.83. The van der Waals surface area contributed by atoms with E-state index >= 15 is 0 Å². The highest BCUT2D eigenvalue weighted by Gasteiger charge is 2.10. The predicted molar refractivity (Wildman–Crippen MR) is 79.9 cm³/mol. The van der Waals surface area contributed by atoms with Gasteiger partial charge in [0.15, 0.2) is 16.5 Å². The van der Waals surface area contributed by atoms with Crippen LogP contribution in [-0.2, 0) is 4.74 Å². The van der Waals surface area contributed by atoms with Gasteiger partial charge >= 0.3 is 5.97 Å². The summed E-state index contributed by atoms with van der Waals surface area (Å²) in [5, 5.41) is 22.3. The summed E-state index contributed by atoms with van der Waals surface area (Å²) < 4.78 is 4.56. The Morgan fingerprint density at radius 2 is 2.10 bits per heavy atom. The predicted octanol–water partition coefficient (Wildman–Crippen LogP) is 2.59. The Bertz CT molecular complexity index is 739. The lowest BCUT2D eigenvalue weighted by Gasteiger charge is -2.00. The fourth-order valence-electron chi connectivity index (χ4n) is 1.50. The highest BCUT2D eigenvalue weighted by molar-refractivity contribution is 7.22. The molecule has 0 fully saturated rings. The van der Waals surface area contributed by atoms with E-state index in [2.05, 4.69) is 30.4 Å². The minimum Gasteiger partial charge on any atom is -0.464 e. The van der Waals surface area contributed by atoms with Gasteiger partial charge in [-0.1, -0.05) is 17.4 Å². The monoisotopic (exact) mass is 319 g/mol. The number of esters is 1. The molecule has 0 bridgehead atoms. The van der Waals surface area contributed by atoms with Crippen molar-refractivity contribution in [3.05, 3.63) is 35.3 Å². The molecule has 0 aliphatic heterocycles. The van der Waals surface area contributed by atoms with E-state index in [0.29, 0.717) is 10.9 Å². The Labute approximate surface area is 127 Å². The summed E-state index contributed by atoms with van der Waals surface area (Å²) in [6, 6.07) is 7.11. The quantitative estimate of drug-likeness (QED) is 0.739. The number of carbonyl (C=O) groups excluding carboxylic acids is 1. The van der Waals surface area contributed by atoms with Crippen LogP contribution in [0.2, 0.25) is 0 Å². The third-order valence-corrected chi connectivity index (χ3v) is 4.33. The Morgan fingerprint density at radius 3 is 2.76 bits per heavy atom. The minimum absolute atomic E-state index is 0.152. The minimum atomic E-state index is -0.523. The summed E-state index contributed by atoms with van der Waals surface area (Å²) in [6.07, 6.45) is 0. The van der Waals surface area contributed by atoms with Crippen LogP contribution in [0, 0.1) is 0 Å². The number of thiophene rings is 1. The van der Waals surface area contributed by atoms with Crippen LogP contribution in [0.15, 0.2) is 29.6 Å². The molecule has 0 aliphatic carbocycles. The third kappa shape index (κ3) is 3.03. The maximum absolute atomic E-state index is 11.3. The zero-order valence-electron chi connectivity index (χ0n) is 10.8. The van der Waals surface area contributed by atoms with Gasteiger partial charge in [-0.05, 0) is 23.6 Å². The van der Waals surface area contributed by atoms with E-state index in [0.717, 1.165) is 9.88 Å². The second kappa shape index (κ2) is 5.94. The smallest absolute Gasteiger partial charge is 0.358 e. The van der Waals surface area contributed by atoms with Crippen molar-refractivity contribution in [3.63, 3.8) is 0 Å². The molecule has 9 heteroatoms. The summed E-state index contributed by atoms with van der Waals surface area (Å²) >= 11 is 3.02. The maximum atomic E-state index is 11.3. The van der Waals surface area contributed by atoms with E-state index in [9.17, 15) is 4.79 Å². The topological polar surface area (TPSA) is 89.9 Å². The van der Waals surface area contributed by atoms with Gasteiger partial charge in [-0.2, -0.15) is 0 Å². The van der Waals surface area contributed by atoms with Crippen molar-refractivity contribution in [1.29, 1.82) is 0 Å². The lowest BCUT2D eigenvalue weighted by molar-refractivity contribution is 0.0593. The van der Waals surface area contributed by atoms with E-state index in [1.54, 1.807) is 17.4 Å². The highest BCUT2D eigenvalue weighted by Crippen LogP contribution is 2.30. The third-order valence-electron chi connectivity index (χ3n) is 2.45. The van der Waals surface area contributed by atoms with Crippen LogP contribution in [0.4, 0.5) is 10.9 Å². The number of aromatic nitrogens is 4. The zero-order valence-corrected chi connectivity index (χ0v) is 12.4. The first-order chi connectivity index (χ1) is 10.3. The Hall–Kier alpha value is -2.39. The number of nitrogens with one attached hydrogen (secondary N) is 1. The van der Waals surface area contributed by atoms with Crippen LogP contribution >= 0.6 is 22.7 Å². The Kier molecular flexibility index (Phi) is 3.84. The normalized spacial score (nSPS) is 10.3. The molecule has 3 aromatic rings. The number of rotatable bonds is 4. The summed E-state index contributed by atoms with van der Waals surface area (Å²) in [5.41, 5.74) is 0.152. The molecular formula is C12H9N5O2S2. The van der Waals surface area contributed by atoms with E-state index in [4.69, 9.17) is 0 Å². The van der Waals surface area contributed by atoms with Gasteiger partial charge in [-0.3, -0.25) is 0 Å². The number of methoxy groups -OCH3 is 1. The van der Waals surface area contributed by atoms with Crippen molar-refractivity contribution in [3.8, 4) is 9.88 Å². The molecule has 0 radical (unpaired) electrons. The summed E-state index contributed by atoms with van der Waals surface area (Å²) in [4.78, 5) is 12.3. The largest absolute Gasteiger partial charge is 0.464 e. The number of anilines is 2. The van der Waals surface area contributed by atoms with Gasteiger partial charge in [-0.15, -0.1) is 31.7 Å². The number of hydrogen-bond donors (Lipinski definition) is 1. The van der Waals surface area contributed by atoms with Gasteiger partial charge in [0.05, 0.1) is 12.0 Å². The molecule has 0 saturated carbocycles. The van der Waals surface area contributed by atoms with Crippen molar-refractivity contribution >= 4 is 39.6 Å². The first kappa shape index (κ1) is 13.6. The van der Waals surface area contributed by atoms with E-state index < -0.39 is 5.97 Å². The first-order valence-corrected chi connectivity index (χ1v) is 7.52. The standard InChI is InChI=1S/C12H9N5O2S2/c1-19-11(18)7-4-5-9(15-14-7)13-12-17-16-10(21-12)8-3-2-6-20-8/h2-6H,1H3,(H,13,15,17). The molecule has 0 amide bonds. The van der Waals surface area contributed by atoms with E-state index in [1.807, 2.05) is 17.5 Å². The van der Waals surface area contributed by atoms with Gasteiger partial charge in [0.2, 0.25) is 5.13 Å². The maximum Gasteiger partial charge on any atom is 0.358 e. The van der Waals surface area contributed by atoms with Crippen molar-refractivity contribution in [2.75, 3.05) is 12.4 Å². The van der Waals surface area contributed by atoms with Crippen molar-refractivity contribution < 1.29 is 9.53 Å². The summed E-state index contributed by atoms with van der Waals surface area (Å²) in [6.45, 7) is 0. The average Bonchev–Trinajstić information content (AvgIpc) is 3.18. The Morgan fingerprint density at radius 1 is 1.19 bits per heavy atom. The van der Waals surface area contributed by atoms with Gasteiger partial charge in [0.1, 0.15) is 0 Å². The number of ether oxygens (including phenoxy) is 1. The number of hydrogen-bond acceptors (Lipinski definition) is 9. The van der Waals surface area contributed by atoms with Gasteiger partial charge in [0.25, 0.3) is 0 Å². The molecule has 7 nitrogen and oxygen atoms in total. The fraction of sp³-hybridized carbons (Fsp3) is 0.0833. The Balaban J connectivity index is 1.73. The van der Waals surface area contributed by atoms with E-state index in [1.165, 1.54) is 24.5 Å². The second-order valence-electron chi connectivity index (χ2n) is 3.81. The van der Waals surface area contributed by atoms with Crippen molar-refractivity contribution in [2.24, 2.45) is 0 Å². The van der Waals surface area contributed by atoms with Gasteiger partial charge in [-0.25, -0.2) is 4.79 Å². The molecule has 3 aromatic heterocycles. The average molecular weight is 319 g/mol. The summed E-state index contributed by atoms with van der Waals surface area (Å²) in [5.74, 6) is -0.0403. The molecule has 0 spiro atoms. The molecule has 0 unspecified atom stereocenters. The lowest BCUT2D eigenvalue weighted by atomic mass is 10.4. The van der Waals surface area contributed by atoms with Crippen LogP contribution in [0.3, 0.4) is 0 Å². The lowest BCUT2D eigenvalue weighted by Crippen LogP contribution is -2.06. The molecule has 3 rings (SSSR count). The van der Waals surface area contributed by atoms with Crippen LogP contribution in [-0.4, -0.2) is 33.5 Å².